The average Bonchev–Trinajstić information content (AvgIpc) is 2.46. The summed E-state index contributed by atoms with van der Waals surface area (Å²) >= 11 is 0. The Labute approximate surface area is 122 Å². The van der Waals surface area contributed by atoms with E-state index >= 15 is 0 Å². The minimum absolute atomic E-state index is 0.131. The minimum atomic E-state index is -0.131. The number of anilines is 1. The van der Waals surface area contributed by atoms with Gasteiger partial charge in [-0.2, -0.15) is 0 Å². The van der Waals surface area contributed by atoms with Gasteiger partial charge in [0.2, 0.25) is 0 Å². The number of rotatable bonds is 10. The van der Waals surface area contributed by atoms with Crippen LogP contribution >= 0.6 is 0 Å². The number of methoxy groups -OCH3 is 1. The molecule has 1 aromatic rings. The number of nitrogens with zero attached hydrogens (tertiary/aromatic N) is 1. The summed E-state index contributed by atoms with van der Waals surface area (Å²) in [6.07, 6.45) is 2.20. The summed E-state index contributed by atoms with van der Waals surface area (Å²) in [7, 11) is 1.68. The van der Waals surface area contributed by atoms with E-state index in [2.05, 4.69) is 24.1 Å². The number of unbranched alkanes of at least 4 members (excludes halogenated alkanes) is 1. The molecule has 0 amide bonds. The molecule has 0 fully saturated rings. The van der Waals surface area contributed by atoms with Crippen LogP contribution in [0.1, 0.15) is 32.3 Å². The first kappa shape index (κ1) is 16.9. The molecule has 0 radical (unpaired) electrons. The fraction of sp³-hybridized carbons (Fsp3) is 0.625. The molecule has 0 saturated carbocycles. The van der Waals surface area contributed by atoms with Gasteiger partial charge in [-0.1, -0.05) is 25.5 Å². The van der Waals surface area contributed by atoms with Gasteiger partial charge in [-0.3, -0.25) is 0 Å². The molecule has 0 aliphatic rings. The highest BCUT2D eigenvalue weighted by molar-refractivity contribution is 5.54. The van der Waals surface area contributed by atoms with Crippen molar-refractivity contribution in [1.82, 2.24) is 5.32 Å². The molecule has 3 nitrogen and oxygen atoms in total. The van der Waals surface area contributed by atoms with Gasteiger partial charge in [-0.15, -0.1) is 0 Å². The molecular formula is C16H27FN2O. The second-order valence-corrected chi connectivity index (χ2v) is 4.85. The fourth-order valence-electron chi connectivity index (χ4n) is 2.23. The maximum Gasteiger partial charge on any atom is 0.146 e. The normalized spacial score (nSPS) is 10.8. The lowest BCUT2D eigenvalue weighted by Crippen LogP contribution is -2.28. The van der Waals surface area contributed by atoms with Gasteiger partial charge in [0.15, 0.2) is 0 Å². The number of para-hydroxylation sites is 1. The van der Waals surface area contributed by atoms with Crippen molar-refractivity contribution < 1.29 is 9.13 Å². The molecule has 114 valence electrons. The van der Waals surface area contributed by atoms with Crippen LogP contribution in [0.3, 0.4) is 0 Å². The van der Waals surface area contributed by atoms with Crippen molar-refractivity contribution in [2.45, 2.75) is 33.2 Å². The lowest BCUT2D eigenvalue weighted by atomic mass is 10.1. The quantitative estimate of drug-likeness (QED) is 0.667. The van der Waals surface area contributed by atoms with E-state index in [1.807, 2.05) is 6.07 Å². The average molecular weight is 282 g/mol. The largest absolute Gasteiger partial charge is 0.383 e. The monoisotopic (exact) mass is 282 g/mol. The number of benzene rings is 1. The van der Waals surface area contributed by atoms with Gasteiger partial charge in [0, 0.05) is 33.3 Å². The third-order valence-corrected chi connectivity index (χ3v) is 3.35. The van der Waals surface area contributed by atoms with Gasteiger partial charge >= 0.3 is 0 Å². The maximum absolute atomic E-state index is 14.2. The molecular weight excluding hydrogens is 255 g/mol. The van der Waals surface area contributed by atoms with Gasteiger partial charge in [0.05, 0.1) is 12.3 Å². The molecule has 0 unspecified atom stereocenters. The number of hydrogen-bond acceptors (Lipinski definition) is 3. The summed E-state index contributed by atoms with van der Waals surface area (Å²) in [5.74, 6) is -0.131. The zero-order chi connectivity index (χ0) is 14.8. The molecule has 0 aliphatic heterocycles. The van der Waals surface area contributed by atoms with Crippen LogP contribution in [0.25, 0.3) is 0 Å². The van der Waals surface area contributed by atoms with Crippen LogP contribution in [0.2, 0.25) is 0 Å². The predicted molar refractivity (Wildman–Crippen MR) is 82.8 cm³/mol. The zero-order valence-corrected chi connectivity index (χ0v) is 12.9. The van der Waals surface area contributed by atoms with Crippen LogP contribution in [-0.4, -0.2) is 33.4 Å². The lowest BCUT2D eigenvalue weighted by molar-refractivity contribution is 0.199. The third-order valence-electron chi connectivity index (χ3n) is 3.35. The second kappa shape index (κ2) is 9.72. The highest BCUT2D eigenvalue weighted by atomic mass is 19.1. The van der Waals surface area contributed by atoms with Crippen LogP contribution in [0, 0.1) is 5.82 Å². The van der Waals surface area contributed by atoms with Crippen LogP contribution in [0.5, 0.6) is 0 Å². The Kier molecular flexibility index (Phi) is 8.23. The maximum atomic E-state index is 14.2. The summed E-state index contributed by atoms with van der Waals surface area (Å²) in [6.45, 7) is 8.06. The molecule has 0 atom stereocenters. The summed E-state index contributed by atoms with van der Waals surface area (Å²) < 4.78 is 19.2. The zero-order valence-electron chi connectivity index (χ0n) is 12.9. The highest BCUT2D eigenvalue weighted by Gasteiger charge is 2.14. The second-order valence-electron chi connectivity index (χ2n) is 4.85. The molecule has 4 heteroatoms. The van der Waals surface area contributed by atoms with Crippen molar-refractivity contribution in [3.05, 3.63) is 29.6 Å². The Morgan fingerprint density at radius 1 is 1.30 bits per heavy atom. The Hall–Kier alpha value is -1.13. The molecule has 0 saturated heterocycles. The minimum Gasteiger partial charge on any atom is -0.383 e. The number of nitrogens with one attached hydrogen (secondary N) is 1. The van der Waals surface area contributed by atoms with E-state index < -0.39 is 0 Å². The van der Waals surface area contributed by atoms with E-state index in [0.717, 1.165) is 43.7 Å². The van der Waals surface area contributed by atoms with Crippen molar-refractivity contribution in [2.75, 3.05) is 38.3 Å². The molecule has 0 heterocycles. The summed E-state index contributed by atoms with van der Waals surface area (Å²) in [6, 6.07) is 5.31. The standard InChI is InChI=1S/C16H27FN2O/c1-4-6-11-19(5-2)16-14(8-7-9-15(16)17)13-18-10-12-20-3/h7-9,18H,4-6,10-13H2,1-3H3. The Balaban J connectivity index is 2.80. The summed E-state index contributed by atoms with van der Waals surface area (Å²) in [5.41, 5.74) is 1.76. The topological polar surface area (TPSA) is 24.5 Å². The Morgan fingerprint density at radius 3 is 2.75 bits per heavy atom. The molecule has 0 bridgehead atoms. The Morgan fingerprint density at radius 2 is 2.10 bits per heavy atom. The molecule has 1 aromatic carbocycles. The number of hydrogen-bond donors (Lipinski definition) is 1. The Bertz CT molecular complexity index is 385. The molecule has 1 rings (SSSR count). The predicted octanol–water partition coefficient (Wildman–Crippen LogP) is 3.19. The SMILES string of the molecule is CCCCN(CC)c1c(F)cccc1CNCCOC. The number of halogens is 1. The van der Waals surface area contributed by atoms with Gasteiger partial charge in [0.1, 0.15) is 5.82 Å². The highest BCUT2D eigenvalue weighted by Crippen LogP contribution is 2.24. The van der Waals surface area contributed by atoms with Gasteiger partial charge < -0.3 is 15.0 Å². The van der Waals surface area contributed by atoms with Gasteiger partial charge in [-0.25, -0.2) is 4.39 Å². The first-order valence-corrected chi connectivity index (χ1v) is 7.46. The van der Waals surface area contributed by atoms with E-state index in [1.54, 1.807) is 19.2 Å². The van der Waals surface area contributed by atoms with E-state index in [9.17, 15) is 4.39 Å². The summed E-state index contributed by atoms with van der Waals surface area (Å²) in [4.78, 5) is 2.13. The third kappa shape index (κ3) is 5.10. The first-order valence-electron chi connectivity index (χ1n) is 7.46. The van der Waals surface area contributed by atoms with Gasteiger partial charge in [-0.05, 0) is 25.0 Å². The first-order chi connectivity index (χ1) is 9.74. The van der Waals surface area contributed by atoms with Crippen molar-refractivity contribution >= 4 is 5.69 Å². The van der Waals surface area contributed by atoms with E-state index in [1.165, 1.54) is 0 Å². The van der Waals surface area contributed by atoms with Crippen molar-refractivity contribution in [2.24, 2.45) is 0 Å². The van der Waals surface area contributed by atoms with Crippen molar-refractivity contribution in [1.29, 1.82) is 0 Å². The molecule has 1 N–H and O–H groups in total. The van der Waals surface area contributed by atoms with E-state index in [-0.39, 0.29) is 5.82 Å². The van der Waals surface area contributed by atoms with Crippen LogP contribution in [-0.2, 0) is 11.3 Å². The smallest absolute Gasteiger partial charge is 0.146 e. The van der Waals surface area contributed by atoms with Crippen LogP contribution < -0.4 is 10.2 Å². The number of ether oxygens (including phenoxy) is 1. The fourth-order valence-corrected chi connectivity index (χ4v) is 2.23. The molecule has 0 aromatic heterocycles. The lowest BCUT2D eigenvalue weighted by Gasteiger charge is -2.26. The van der Waals surface area contributed by atoms with Crippen molar-refractivity contribution in [3.63, 3.8) is 0 Å². The summed E-state index contributed by atoms with van der Waals surface area (Å²) in [5, 5.41) is 3.29. The van der Waals surface area contributed by atoms with E-state index in [0.29, 0.717) is 13.2 Å². The van der Waals surface area contributed by atoms with E-state index in [4.69, 9.17) is 4.74 Å². The van der Waals surface area contributed by atoms with Gasteiger partial charge in [0.25, 0.3) is 0 Å². The molecule has 20 heavy (non-hydrogen) atoms. The molecule has 0 aliphatic carbocycles. The van der Waals surface area contributed by atoms with Crippen LogP contribution in [0.15, 0.2) is 18.2 Å². The van der Waals surface area contributed by atoms with Crippen LogP contribution in [0.4, 0.5) is 10.1 Å². The molecule has 0 spiro atoms. The van der Waals surface area contributed by atoms with Crippen molar-refractivity contribution in [3.8, 4) is 0 Å².